The SMILES string of the molecule is CN(C(=O)c1cc([N+](=O)[O-])cnc1Cl)C1CCCCC1O. The zero-order chi connectivity index (χ0) is 15.6. The van der Waals surface area contributed by atoms with Crippen LogP contribution in [0.25, 0.3) is 0 Å². The molecule has 0 bridgehead atoms. The molecule has 0 aromatic carbocycles. The third kappa shape index (κ3) is 3.30. The molecular weight excluding hydrogens is 298 g/mol. The Bertz CT molecular complexity index is 566. The highest BCUT2D eigenvalue weighted by atomic mass is 35.5. The molecule has 0 aliphatic heterocycles. The highest BCUT2D eigenvalue weighted by molar-refractivity contribution is 6.32. The minimum atomic E-state index is -0.629. The fraction of sp³-hybridized carbons (Fsp3) is 0.538. The van der Waals surface area contributed by atoms with Crippen molar-refractivity contribution in [2.45, 2.75) is 37.8 Å². The van der Waals surface area contributed by atoms with Gasteiger partial charge in [0, 0.05) is 13.1 Å². The van der Waals surface area contributed by atoms with Crippen LogP contribution in [0.3, 0.4) is 0 Å². The van der Waals surface area contributed by atoms with Crippen LogP contribution in [0.15, 0.2) is 12.3 Å². The number of halogens is 1. The first-order valence-electron chi connectivity index (χ1n) is 6.67. The lowest BCUT2D eigenvalue weighted by molar-refractivity contribution is -0.385. The Kier molecular flexibility index (Phi) is 4.74. The van der Waals surface area contributed by atoms with Crippen molar-refractivity contribution in [2.75, 3.05) is 7.05 Å². The van der Waals surface area contributed by atoms with Crippen molar-refractivity contribution in [2.24, 2.45) is 0 Å². The van der Waals surface area contributed by atoms with Gasteiger partial charge in [-0.25, -0.2) is 4.98 Å². The molecule has 2 atom stereocenters. The Balaban J connectivity index is 2.26. The molecule has 0 radical (unpaired) electrons. The van der Waals surface area contributed by atoms with Gasteiger partial charge in [0.1, 0.15) is 11.3 Å². The average Bonchev–Trinajstić information content (AvgIpc) is 2.46. The highest BCUT2D eigenvalue weighted by Gasteiger charge is 2.31. The first kappa shape index (κ1) is 15.7. The average molecular weight is 314 g/mol. The van der Waals surface area contributed by atoms with E-state index in [1.807, 2.05) is 0 Å². The number of nitrogens with zero attached hydrogens (tertiary/aromatic N) is 3. The molecule has 1 aromatic rings. The van der Waals surface area contributed by atoms with Gasteiger partial charge < -0.3 is 10.0 Å². The van der Waals surface area contributed by atoms with Gasteiger partial charge in [-0.1, -0.05) is 24.4 Å². The molecule has 0 spiro atoms. The van der Waals surface area contributed by atoms with Gasteiger partial charge in [0.05, 0.1) is 22.6 Å². The minimum Gasteiger partial charge on any atom is -0.391 e. The maximum Gasteiger partial charge on any atom is 0.288 e. The zero-order valence-electron chi connectivity index (χ0n) is 11.5. The van der Waals surface area contributed by atoms with Crippen LogP contribution < -0.4 is 0 Å². The number of carbonyl (C=O) groups is 1. The molecule has 1 amide bonds. The van der Waals surface area contributed by atoms with E-state index in [9.17, 15) is 20.0 Å². The van der Waals surface area contributed by atoms with Crippen LogP contribution in [0.1, 0.15) is 36.0 Å². The van der Waals surface area contributed by atoms with Crippen LogP contribution in [0.2, 0.25) is 5.15 Å². The van der Waals surface area contributed by atoms with E-state index >= 15 is 0 Å². The van der Waals surface area contributed by atoms with Crippen molar-refractivity contribution in [1.29, 1.82) is 0 Å². The summed E-state index contributed by atoms with van der Waals surface area (Å²) in [6.45, 7) is 0. The fourth-order valence-corrected chi connectivity index (χ4v) is 2.76. The molecule has 1 saturated carbocycles. The molecule has 2 rings (SSSR count). The smallest absolute Gasteiger partial charge is 0.288 e. The lowest BCUT2D eigenvalue weighted by Crippen LogP contribution is -2.46. The molecule has 1 N–H and O–H groups in total. The molecule has 1 heterocycles. The summed E-state index contributed by atoms with van der Waals surface area (Å²) in [5.74, 6) is -0.470. The summed E-state index contributed by atoms with van der Waals surface area (Å²) in [7, 11) is 1.57. The Morgan fingerprint density at radius 3 is 2.81 bits per heavy atom. The lowest BCUT2D eigenvalue weighted by Gasteiger charge is -2.35. The number of rotatable bonds is 3. The van der Waals surface area contributed by atoms with Crippen LogP contribution in [-0.2, 0) is 0 Å². The van der Waals surface area contributed by atoms with Gasteiger partial charge >= 0.3 is 0 Å². The van der Waals surface area contributed by atoms with Crippen LogP contribution in [0.4, 0.5) is 5.69 Å². The van der Waals surface area contributed by atoms with Gasteiger partial charge in [0.2, 0.25) is 0 Å². The number of aromatic nitrogens is 1. The Hall–Kier alpha value is -1.73. The fourth-order valence-electron chi connectivity index (χ4n) is 2.57. The molecule has 1 aliphatic carbocycles. The monoisotopic (exact) mass is 313 g/mol. The van der Waals surface area contributed by atoms with E-state index in [0.29, 0.717) is 12.8 Å². The number of pyridine rings is 1. The van der Waals surface area contributed by atoms with Gasteiger partial charge in [-0.15, -0.1) is 0 Å². The molecule has 2 unspecified atom stereocenters. The first-order valence-corrected chi connectivity index (χ1v) is 7.04. The molecular formula is C13H16ClN3O4. The third-order valence-corrected chi connectivity index (χ3v) is 4.08. The number of amides is 1. The summed E-state index contributed by atoms with van der Waals surface area (Å²) < 4.78 is 0. The minimum absolute atomic E-state index is 0.0221. The van der Waals surface area contributed by atoms with Gasteiger partial charge in [-0.2, -0.15) is 0 Å². The third-order valence-electron chi connectivity index (χ3n) is 3.78. The summed E-state index contributed by atoms with van der Waals surface area (Å²) in [6, 6.07) is 0.810. The number of hydrogen-bond donors (Lipinski definition) is 1. The second-order valence-electron chi connectivity index (χ2n) is 5.12. The van der Waals surface area contributed by atoms with Gasteiger partial charge in [0.25, 0.3) is 11.6 Å². The number of hydrogen-bond acceptors (Lipinski definition) is 5. The zero-order valence-corrected chi connectivity index (χ0v) is 12.3. The maximum atomic E-state index is 12.5. The maximum absolute atomic E-state index is 12.5. The topological polar surface area (TPSA) is 96.6 Å². The molecule has 0 saturated heterocycles. The summed E-state index contributed by atoms with van der Waals surface area (Å²) in [6.07, 6.45) is 3.62. The van der Waals surface area contributed by atoms with Crippen molar-refractivity contribution < 1.29 is 14.8 Å². The van der Waals surface area contributed by atoms with Crippen LogP contribution in [0, 0.1) is 10.1 Å². The summed E-state index contributed by atoms with van der Waals surface area (Å²) in [4.78, 5) is 27.7. The Morgan fingerprint density at radius 2 is 2.19 bits per heavy atom. The molecule has 7 nitrogen and oxygen atoms in total. The lowest BCUT2D eigenvalue weighted by atomic mass is 9.91. The number of likely N-dealkylation sites (N-methyl/N-ethyl adjacent to an activating group) is 1. The second kappa shape index (κ2) is 6.36. The number of carbonyl (C=O) groups excluding carboxylic acids is 1. The molecule has 1 aromatic heterocycles. The van der Waals surface area contributed by atoms with Crippen molar-refractivity contribution in [1.82, 2.24) is 9.88 Å². The van der Waals surface area contributed by atoms with Crippen LogP contribution in [0.5, 0.6) is 0 Å². The Labute approximate surface area is 126 Å². The summed E-state index contributed by atoms with van der Waals surface area (Å²) >= 11 is 5.87. The van der Waals surface area contributed by atoms with Gasteiger partial charge in [-0.3, -0.25) is 14.9 Å². The van der Waals surface area contributed by atoms with Crippen molar-refractivity contribution >= 4 is 23.2 Å². The standard InChI is InChI=1S/C13H16ClN3O4/c1-16(10-4-2-3-5-11(10)18)13(19)9-6-8(17(20)21)7-15-12(9)14/h6-7,10-11,18H,2-5H2,1H3. The number of nitro groups is 1. The van der Waals surface area contributed by atoms with E-state index < -0.39 is 16.9 Å². The first-order chi connectivity index (χ1) is 9.91. The quantitative estimate of drug-likeness (QED) is 0.523. The van der Waals surface area contributed by atoms with Crippen molar-refractivity contribution in [3.05, 3.63) is 33.1 Å². The van der Waals surface area contributed by atoms with Crippen molar-refractivity contribution in [3.63, 3.8) is 0 Å². The molecule has 21 heavy (non-hydrogen) atoms. The normalized spacial score (nSPS) is 21.9. The largest absolute Gasteiger partial charge is 0.391 e. The van der Waals surface area contributed by atoms with Crippen LogP contribution in [-0.4, -0.2) is 45.0 Å². The summed E-state index contributed by atoms with van der Waals surface area (Å²) in [5, 5.41) is 20.7. The van der Waals surface area contributed by atoms with E-state index in [0.717, 1.165) is 25.1 Å². The van der Waals surface area contributed by atoms with E-state index in [4.69, 9.17) is 11.6 Å². The second-order valence-corrected chi connectivity index (χ2v) is 5.48. The van der Waals surface area contributed by atoms with Crippen LogP contribution >= 0.6 is 11.6 Å². The van der Waals surface area contributed by atoms with E-state index in [-0.39, 0.29) is 22.4 Å². The molecule has 1 aliphatic rings. The number of aliphatic hydroxyl groups is 1. The van der Waals surface area contributed by atoms with E-state index in [1.54, 1.807) is 7.05 Å². The molecule has 1 fully saturated rings. The van der Waals surface area contributed by atoms with E-state index in [1.165, 1.54) is 4.90 Å². The predicted molar refractivity (Wildman–Crippen MR) is 76.3 cm³/mol. The highest BCUT2D eigenvalue weighted by Crippen LogP contribution is 2.26. The molecule has 8 heteroatoms. The number of aliphatic hydroxyl groups excluding tert-OH is 1. The van der Waals surface area contributed by atoms with E-state index in [2.05, 4.69) is 4.98 Å². The predicted octanol–water partition coefficient (Wildman–Crippen LogP) is 2.02. The molecule has 114 valence electrons. The Morgan fingerprint density at radius 1 is 1.52 bits per heavy atom. The van der Waals surface area contributed by atoms with Crippen molar-refractivity contribution in [3.8, 4) is 0 Å². The summed E-state index contributed by atoms with van der Waals surface area (Å²) in [5.41, 5.74) is -0.313. The van der Waals surface area contributed by atoms with Gasteiger partial charge in [-0.05, 0) is 12.8 Å². The van der Waals surface area contributed by atoms with Gasteiger partial charge in [0.15, 0.2) is 0 Å².